The molecule has 2 aromatic rings. The first-order valence-corrected chi connectivity index (χ1v) is 6.11. The van der Waals surface area contributed by atoms with E-state index in [0.29, 0.717) is 12.5 Å². The third kappa shape index (κ3) is 2.82. The first-order chi connectivity index (χ1) is 8.72. The molecule has 1 N–H and O–H groups in total. The van der Waals surface area contributed by atoms with E-state index >= 15 is 0 Å². The minimum atomic E-state index is 0.511. The number of nitrogens with zero attached hydrogens (tertiary/aromatic N) is 4. The summed E-state index contributed by atoms with van der Waals surface area (Å²) >= 11 is 0. The van der Waals surface area contributed by atoms with E-state index in [1.165, 1.54) is 0 Å². The van der Waals surface area contributed by atoms with Crippen LogP contribution in [0.2, 0.25) is 0 Å². The van der Waals surface area contributed by atoms with Crippen molar-refractivity contribution in [3.8, 4) is 0 Å². The Bertz CT molecular complexity index is 523. The number of aryl methyl sites for hydroxylation is 3. The van der Waals surface area contributed by atoms with Crippen LogP contribution in [-0.4, -0.2) is 20.3 Å². The zero-order valence-electron chi connectivity index (χ0n) is 10.9. The van der Waals surface area contributed by atoms with E-state index in [9.17, 15) is 0 Å². The van der Waals surface area contributed by atoms with E-state index in [0.717, 1.165) is 35.7 Å². The van der Waals surface area contributed by atoms with Gasteiger partial charge in [-0.25, -0.2) is 4.98 Å². The fraction of sp³-hybridized carbons (Fsp3) is 0.500. The van der Waals surface area contributed by atoms with Gasteiger partial charge in [0.15, 0.2) is 5.76 Å². The summed E-state index contributed by atoms with van der Waals surface area (Å²) in [6.45, 7) is 6.51. The van der Waals surface area contributed by atoms with Crippen LogP contribution in [0.5, 0.6) is 0 Å². The normalized spacial score (nSPS) is 10.6. The molecule has 2 rings (SSSR count). The second kappa shape index (κ2) is 5.57. The Hall–Kier alpha value is -1.98. The molecule has 0 radical (unpaired) electrons. The standard InChI is InChI=1S/C12H17N5O/c1-4-10-11(5-2)15-16-12(14-10)13-7-9-6-8(3)17-18-9/h6H,4-5,7H2,1-3H3,(H,13,14,16). The minimum absolute atomic E-state index is 0.511. The molecule has 0 aliphatic rings. The molecule has 0 fully saturated rings. The Morgan fingerprint density at radius 2 is 1.94 bits per heavy atom. The smallest absolute Gasteiger partial charge is 0.243 e. The van der Waals surface area contributed by atoms with Gasteiger partial charge in [0, 0.05) is 6.07 Å². The largest absolute Gasteiger partial charge is 0.359 e. The highest BCUT2D eigenvalue weighted by atomic mass is 16.5. The summed E-state index contributed by atoms with van der Waals surface area (Å²) in [5.41, 5.74) is 2.81. The number of hydrogen-bond acceptors (Lipinski definition) is 6. The number of aromatic nitrogens is 4. The van der Waals surface area contributed by atoms with Gasteiger partial charge in [-0.1, -0.05) is 19.0 Å². The van der Waals surface area contributed by atoms with Crippen molar-refractivity contribution in [2.75, 3.05) is 5.32 Å². The molecule has 96 valence electrons. The van der Waals surface area contributed by atoms with E-state index in [1.54, 1.807) is 0 Å². The molecule has 0 bridgehead atoms. The van der Waals surface area contributed by atoms with E-state index in [-0.39, 0.29) is 0 Å². The average Bonchev–Trinajstić information content (AvgIpc) is 2.81. The van der Waals surface area contributed by atoms with Crippen molar-refractivity contribution in [2.45, 2.75) is 40.2 Å². The van der Waals surface area contributed by atoms with Crippen LogP contribution in [0.4, 0.5) is 5.95 Å². The average molecular weight is 247 g/mol. The van der Waals surface area contributed by atoms with Crippen LogP contribution in [-0.2, 0) is 19.4 Å². The maximum atomic E-state index is 5.10. The molecule has 0 aliphatic heterocycles. The van der Waals surface area contributed by atoms with Crippen molar-refractivity contribution in [1.82, 2.24) is 20.3 Å². The Morgan fingerprint density at radius 3 is 2.56 bits per heavy atom. The van der Waals surface area contributed by atoms with Crippen LogP contribution in [0.25, 0.3) is 0 Å². The topological polar surface area (TPSA) is 76.7 Å². The molecule has 2 aromatic heterocycles. The van der Waals surface area contributed by atoms with Crippen molar-refractivity contribution in [3.05, 3.63) is 28.9 Å². The molecule has 2 heterocycles. The molecule has 6 nitrogen and oxygen atoms in total. The van der Waals surface area contributed by atoms with Crippen molar-refractivity contribution < 1.29 is 4.52 Å². The molecule has 0 atom stereocenters. The maximum Gasteiger partial charge on any atom is 0.243 e. The van der Waals surface area contributed by atoms with Gasteiger partial charge in [0.05, 0.1) is 23.6 Å². The second-order valence-corrected chi connectivity index (χ2v) is 4.02. The fourth-order valence-electron chi connectivity index (χ4n) is 1.68. The molecular weight excluding hydrogens is 230 g/mol. The van der Waals surface area contributed by atoms with Gasteiger partial charge in [0.25, 0.3) is 0 Å². The summed E-state index contributed by atoms with van der Waals surface area (Å²) in [6.07, 6.45) is 1.71. The molecular formula is C12H17N5O. The third-order valence-corrected chi connectivity index (χ3v) is 2.61. The highest BCUT2D eigenvalue weighted by Gasteiger charge is 2.07. The van der Waals surface area contributed by atoms with Gasteiger partial charge in [-0.15, -0.1) is 5.10 Å². The first-order valence-electron chi connectivity index (χ1n) is 6.11. The van der Waals surface area contributed by atoms with E-state index in [4.69, 9.17) is 4.52 Å². The lowest BCUT2D eigenvalue weighted by molar-refractivity contribution is 0.384. The Labute approximate surface area is 106 Å². The summed E-state index contributed by atoms with van der Waals surface area (Å²) in [6, 6.07) is 1.88. The summed E-state index contributed by atoms with van der Waals surface area (Å²) in [5, 5.41) is 15.1. The predicted octanol–water partition coefficient (Wildman–Crippen LogP) is 1.90. The summed E-state index contributed by atoms with van der Waals surface area (Å²) < 4.78 is 5.10. The molecule has 0 saturated heterocycles. The van der Waals surface area contributed by atoms with Gasteiger partial charge in [-0.3, -0.25) is 0 Å². The molecule has 0 saturated carbocycles. The summed E-state index contributed by atoms with van der Waals surface area (Å²) in [4.78, 5) is 4.44. The molecule has 0 unspecified atom stereocenters. The molecule has 0 aromatic carbocycles. The van der Waals surface area contributed by atoms with Crippen LogP contribution in [0.15, 0.2) is 10.6 Å². The second-order valence-electron chi connectivity index (χ2n) is 4.02. The van der Waals surface area contributed by atoms with Crippen LogP contribution < -0.4 is 5.32 Å². The van der Waals surface area contributed by atoms with Gasteiger partial charge >= 0.3 is 0 Å². The maximum absolute atomic E-state index is 5.10. The van der Waals surface area contributed by atoms with Crippen molar-refractivity contribution in [1.29, 1.82) is 0 Å². The highest BCUT2D eigenvalue weighted by Crippen LogP contribution is 2.08. The predicted molar refractivity (Wildman–Crippen MR) is 67.1 cm³/mol. The Morgan fingerprint density at radius 1 is 1.17 bits per heavy atom. The zero-order valence-corrected chi connectivity index (χ0v) is 10.9. The first kappa shape index (κ1) is 12.5. The van der Waals surface area contributed by atoms with Crippen LogP contribution >= 0.6 is 0 Å². The van der Waals surface area contributed by atoms with Crippen LogP contribution in [0, 0.1) is 6.92 Å². The van der Waals surface area contributed by atoms with Crippen molar-refractivity contribution in [2.24, 2.45) is 0 Å². The third-order valence-electron chi connectivity index (χ3n) is 2.61. The molecule has 18 heavy (non-hydrogen) atoms. The minimum Gasteiger partial charge on any atom is -0.359 e. The van der Waals surface area contributed by atoms with Gasteiger partial charge in [-0.05, 0) is 19.8 Å². The lowest BCUT2D eigenvalue weighted by Gasteiger charge is -2.06. The van der Waals surface area contributed by atoms with Crippen LogP contribution in [0.3, 0.4) is 0 Å². The number of rotatable bonds is 5. The van der Waals surface area contributed by atoms with Gasteiger partial charge in [-0.2, -0.15) is 5.10 Å². The zero-order chi connectivity index (χ0) is 13.0. The number of anilines is 1. The monoisotopic (exact) mass is 247 g/mol. The van der Waals surface area contributed by atoms with E-state index in [2.05, 4.69) is 39.5 Å². The quantitative estimate of drug-likeness (QED) is 0.869. The molecule has 0 spiro atoms. The van der Waals surface area contributed by atoms with E-state index in [1.807, 2.05) is 13.0 Å². The molecule has 0 aliphatic carbocycles. The van der Waals surface area contributed by atoms with Gasteiger partial charge in [0.2, 0.25) is 5.95 Å². The Kier molecular flexibility index (Phi) is 3.86. The molecule has 6 heteroatoms. The number of hydrogen-bond donors (Lipinski definition) is 1. The van der Waals surface area contributed by atoms with Crippen LogP contribution in [0.1, 0.15) is 36.7 Å². The number of nitrogens with one attached hydrogen (secondary N) is 1. The Balaban J connectivity index is 2.05. The van der Waals surface area contributed by atoms with Crippen molar-refractivity contribution >= 4 is 5.95 Å². The van der Waals surface area contributed by atoms with Crippen molar-refractivity contribution in [3.63, 3.8) is 0 Å². The van der Waals surface area contributed by atoms with E-state index < -0.39 is 0 Å². The SMILES string of the molecule is CCc1nnc(NCc2cc(C)no2)nc1CC. The van der Waals surface area contributed by atoms with Gasteiger partial charge < -0.3 is 9.84 Å². The lowest BCUT2D eigenvalue weighted by Crippen LogP contribution is -2.09. The fourth-order valence-corrected chi connectivity index (χ4v) is 1.68. The summed E-state index contributed by atoms with van der Waals surface area (Å²) in [5.74, 6) is 1.28. The lowest BCUT2D eigenvalue weighted by atomic mass is 10.2. The summed E-state index contributed by atoms with van der Waals surface area (Å²) in [7, 11) is 0. The van der Waals surface area contributed by atoms with Gasteiger partial charge in [0.1, 0.15) is 0 Å². The highest BCUT2D eigenvalue weighted by molar-refractivity contribution is 5.26. The molecule has 0 amide bonds.